The number of halogens is 4. The lowest BCUT2D eigenvalue weighted by molar-refractivity contribution is -0.137. The fourth-order valence-corrected chi connectivity index (χ4v) is 6.17. The Morgan fingerprint density at radius 3 is 2.45 bits per heavy atom. The van der Waals surface area contributed by atoms with E-state index in [1.807, 2.05) is 0 Å². The first-order valence-electron chi connectivity index (χ1n) is 9.55. The highest BCUT2D eigenvalue weighted by Gasteiger charge is 2.42. The fourth-order valence-electron chi connectivity index (χ4n) is 3.50. The molecule has 2 aromatic rings. The van der Waals surface area contributed by atoms with E-state index >= 15 is 0 Å². The number of nitrogens with one attached hydrogen (secondary N) is 1. The van der Waals surface area contributed by atoms with Gasteiger partial charge in [-0.3, -0.25) is 5.32 Å². The van der Waals surface area contributed by atoms with E-state index in [9.17, 15) is 21.6 Å². The van der Waals surface area contributed by atoms with Crippen LogP contribution in [0.3, 0.4) is 0 Å². The summed E-state index contributed by atoms with van der Waals surface area (Å²) < 4.78 is 69.4. The molecule has 12 heteroatoms. The van der Waals surface area contributed by atoms with Gasteiger partial charge in [0.25, 0.3) is 0 Å². The Balaban J connectivity index is 2.21. The van der Waals surface area contributed by atoms with E-state index in [0.29, 0.717) is 5.56 Å². The number of aliphatic imine (C=N–C) groups is 1. The zero-order valence-electron chi connectivity index (χ0n) is 18.1. The van der Waals surface area contributed by atoms with Crippen LogP contribution in [-0.2, 0) is 22.7 Å². The van der Waals surface area contributed by atoms with Crippen LogP contribution in [-0.4, -0.2) is 29.7 Å². The lowest BCUT2D eigenvalue weighted by Crippen LogP contribution is -2.41. The van der Waals surface area contributed by atoms with Crippen molar-refractivity contribution in [2.45, 2.75) is 43.9 Å². The van der Waals surface area contributed by atoms with E-state index in [1.54, 1.807) is 33.2 Å². The van der Waals surface area contributed by atoms with Crippen LogP contribution in [0, 0.1) is 11.5 Å². The highest BCUT2D eigenvalue weighted by molar-refractivity contribution is 8.13. The number of amidine groups is 1. The van der Waals surface area contributed by atoms with Gasteiger partial charge in [0.15, 0.2) is 11.4 Å². The molecule has 0 amide bonds. The number of rotatable bonds is 2. The van der Waals surface area contributed by atoms with Crippen LogP contribution in [0.25, 0.3) is 11.1 Å². The molecule has 1 aliphatic heterocycles. The molecule has 0 saturated carbocycles. The van der Waals surface area contributed by atoms with E-state index in [2.05, 4.69) is 10.3 Å². The molecule has 0 bridgehead atoms. The van der Waals surface area contributed by atoms with Crippen molar-refractivity contribution in [2.24, 2.45) is 4.99 Å². The van der Waals surface area contributed by atoms with Crippen molar-refractivity contribution in [3.63, 3.8) is 0 Å². The largest absolute Gasteiger partial charge is 0.417 e. The molecule has 1 N–H and O–H groups in total. The standard InChI is InChI=1S/C21H20ClF3N4O2S2/c1-20(2,3)29-10-13-6-5-12(7-17(13)33(29,30)31)18-15(21(23,24)25)8-14(9-16(18)22)28-19(32-4)27-11-26/h5-9H,10H2,1-4H3,(H,27,28). The Morgan fingerprint density at radius 1 is 1.24 bits per heavy atom. The molecule has 0 radical (unpaired) electrons. The van der Waals surface area contributed by atoms with E-state index in [-0.39, 0.29) is 38.4 Å². The van der Waals surface area contributed by atoms with Crippen LogP contribution in [0.4, 0.5) is 18.9 Å². The van der Waals surface area contributed by atoms with Gasteiger partial charge in [0.1, 0.15) is 0 Å². The number of nitrogens with zero attached hydrogens (tertiary/aromatic N) is 3. The number of benzene rings is 2. The lowest BCUT2D eigenvalue weighted by atomic mass is 9.97. The Bertz CT molecular complexity index is 1280. The summed E-state index contributed by atoms with van der Waals surface area (Å²) in [6.07, 6.45) is -1.52. The molecule has 1 heterocycles. The van der Waals surface area contributed by atoms with Gasteiger partial charge in [-0.15, -0.1) is 0 Å². The predicted molar refractivity (Wildman–Crippen MR) is 124 cm³/mol. The van der Waals surface area contributed by atoms with E-state index in [1.165, 1.54) is 28.6 Å². The summed E-state index contributed by atoms with van der Waals surface area (Å²) in [4.78, 5) is 3.98. The van der Waals surface area contributed by atoms with Crippen molar-refractivity contribution in [1.82, 2.24) is 9.62 Å². The SMILES string of the molecule is CSC(=Nc1cc(Cl)c(-c2ccc3c(c2)S(=O)(=O)N(C(C)(C)C)C3)c(C(F)(F)F)c1)NC#N. The average molecular weight is 517 g/mol. The van der Waals surface area contributed by atoms with Gasteiger partial charge < -0.3 is 0 Å². The Morgan fingerprint density at radius 2 is 1.91 bits per heavy atom. The summed E-state index contributed by atoms with van der Waals surface area (Å²) in [5.74, 6) is 0. The Kier molecular flexibility index (Phi) is 6.79. The number of alkyl halides is 3. The minimum absolute atomic E-state index is 0.0289. The van der Waals surface area contributed by atoms with E-state index in [4.69, 9.17) is 16.9 Å². The first kappa shape index (κ1) is 25.4. The number of hydrogen-bond acceptors (Lipinski definition) is 5. The Hall–Kier alpha value is -2.26. The molecular weight excluding hydrogens is 497 g/mol. The number of hydrogen-bond donors (Lipinski definition) is 1. The van der Waals surface area contributed by atoms with Gasteiger partial charge in [-0.1, -0.05) is 35.5 Å². The summed E-state index contributed by atoms with van der Waals surface area (Å²) in [7, 11) is -3.88. The average Bonchev–Trinajstić information content (AvgIpc) is 2.97. The summed E-state index contributed by atoms with van der Waals surface area (Å²) in [5, 5.41) is 10.9. The molecule has 176 valence electrons. The maximum atomic E-state index is 14.0. The highest BCUT2D eigenvalue weighted by atomic mass is 35.5. The third-order valence-corrected chi connectivity index (χ3v) is 8.02. The summed E-state index contributed by atoms with van der Waals surface area (Å²) in [6, 6.07) is 6.24. The van der Waals surface area contributed by atoms with Crippen molar-refractivity contribution in [1.29, 1.82) is 5.26 Å². The second-order valence-corrected chi connectivity index (χ2v) is 11.2. The van der Waals surface area contributed by atoms with Crippen LogP contribution < -0.4 is 5.32 Å². The minimum atomic E-state index is -4.79. The van der Waals surface area contributed by atoms with Crippen molar-refractivity contribution in [3.8, 4) is 17.3 Å². The van der Waals surface area contributed by atoms with Gasteiger partial charge in [0, 0.05) is 17.6 Å². The molecule has 0 spiro atoms. The molecule has 0 atom stereocenters. The van der Waals surface area contributed by atoms with Crippen molar-refractivity contribution < 1.29 is 21.6 Å². The molecule has 2 aromatic carbocycles. The van der Waals surface area contributed by atoms with Gasteiger partial charge in [-0.25, -0.2) is 13.4 Å². The van der Waals surface area contributed by atoms with E-state index in [0.717, 1.165) is 17.8 Å². The molecule has 33 heavy (non-hydrogen) atoms. The smallest absolute Gasteiger partial charge is 0.271 e. The van der Waals surface area contributed by atoms with Crippen molar-refractivity contribution >= 4 is 44.2 Å². The zero-order valence-corrected chi connectivity index (χ0v) is 20.5. The van der Waals surface area contributed by atoms with Crippen molar-refractivity contribution in [3.05, 3.63) is 46.5 Å². The van der Waals surface area contributed by atoms with Crippen LogP contribution in [0.5, 0.6) is 0 Å². The molecule has 1 aliphatic rings. The molecule has 3 rings (SSSR count). The van der Waals surface area contributed by atoms with Gasteiger partial charge in [-0.05, 0) is 56.4 Å². The molecule has 0 fully saturated rings. The third-order valence-electron chi connectivity index (χ3n) is 4.95. The fraction of sp³-hybridized carbons (Fsp3) is 0.333. The van der Waals surface area contributed by atoms with Gasteiger partial charge >= 0.3 is 6.18 Å². The molecule has 6 nitrogen and oxygen atoms in total. The maximum Gasteiger partial charge on any atom is 0.417 e. The molecule has 0 aromatic heterocycles. The normalized spacial score (nSPS) is 16.4. The number of fused-ring (bicyclic) bond motifs is 1. The molecule has 0 aliphatic carbocycles. The quantitative estimate of drug-likeness (QED) is 0.238. The summed E-state index contributed by atoms with van der Waals surface area (Å²) in [6.45, 7) is 5.38. The second-order valence-electron chi connectivity index (χ2n) is 8.21. The van der Waals surface area contributed by atoms with E-state index < -0.39 is 27.3 Å². The topological polar surface area (TPSA) is 85.6 Å². The van der Waals surface area contributed by atoms with Gasteiger partial charge in [0.2, 0.25) is 10.0 Å². The number of thioether (sulfide) groups is 1. The lowest BCUT2D eigenvalue weighted by Gasteiger charge is -2.29. The van der Waals surface area contributed by atoms with Gasteiger partial charge in [-0.2, -0.15) is 22.7 Å². The number of nitriles is 1. The third kappa shape index (κ3) is 4.99. The predicted octanol–water partition coefficient (Wildman–Crippen LogP) is 5.75. The second kappa shape index (κ2) is 8.83. The maximum absolute atomic E-state index is 14.0. The first-order valence-corrected chi connectivity index (χ1v) is 12.6. The van der Waals surface area contributed by atoms with Crippen LogP contribution in [0.15, 0.2) is 40.2 Å². The molecule has 0 saturated heterocycles. The molecular formula is C21H20ClF3N4O2S2. The van der Waals surface area contributed by atoms with Crippen molar-refractivity contribution in [2.75, 3.05) is 6.26 Å². The van der Waals surface area contributed by atoms with Crippen LogP contribution in [0.1, 0.15) is 31.9 Å². The summed E-state index contributed by atoms with van der Waals surface area (Å²) in [5.41, 5.74) is -1.66. The number of sulfonamides is 1. The van der Waals surface area contributed by atoms with Crippen LogP contribution >= 0.6 is 23.4 Å². The summed E-state index contributed by atoms with van der Waals surface area (Å²) >= 11 is 7.33. The zero-order chi connectivity index (χ0) is 24.8. The van der Waals surface area contributed by atoms with Gasteiger partial charge in [0.05, 0.1) is 21.2 Å². The minimum Gasteiger partial charge on any atom is -0.271 e. The Labute approximate surface area is 199 Å². The molecule has 0 unspecified atom stereocenters. The first-order chi connectivity index (χ1) is 15.2. The highest BCUT2D eigenvalue weighted by Crippen LogP contribution is 2.45. The van der Waals surface area contributed by atoms with Crippen LogP contribution in [0.2, 0.25) is 5.02 Å². The monoisotopic (exact) mass is 516 g/mol.